The van der Waals surface area contributed by atoms with Crippen LogP contribution in [0.4, 0.5) is 19.1 Å². The standard InChI is InChI=1S/C30H27F3N6O4S/c1-16-3-9-21(10-4-16)44(41,42)39-15-23(22-11-20(30(31,32)33)14-35-27(22)39)25-19(12-34)13-36-29(37-25)38-26-18-7-5-17(6-8-18)24(26)28(40)43-2/h3-4,9-11,13-15,17-18,24,26H,5-8H2,1-2H3,(H,36,37,38)/t17?,18?,24-,26-/m0/s1. The van der Waals surface area contributed by atoms with Crippen LogP contribution in [0.25, 0.3) is 22.3 Å². The molecule has 10 nitrogen and oxygen atoms in total. The van der Waals surface area contributed by atoms with E-state index in [1.54, 1.807) is 19.1 Å². The molecule has 44 heavy (non-hydrogen) atoms. The number of ether oxygens (including phenoxy) is 1. The second-order valence-electron chi connectivity index (χ2n) is 11.2. The Kier molecular flexibility index (Phi) is 7.31. The lowest BCUT2D eigenvalue weighted by atomic mass is 9.61. The number of nitriles is 1. The molecule has 0 unspecified atom stereocenters. The second kappa shape index (κ2) is 10.9. The van der Waals surface area contributed by atoms with E-state index in [0.717, 1.165) is 47.5 Å². The summed E-state index contributed by atoms with van der Waals surface area (Å²) in [7, 11) is -2.98. The van der Waals surface area contributed by atoms with Gasteiger partial charge in [0.1, 0.15) is 6.07 Å². The zero-order valence-electron chi connectivity index (χ0n) is 23.7. The molecule has 228 valence electrons. The van der Waals surface area contributed by atoms with Gasteiger partial charge >= 0.3 is 12.1 Å². The lowest BCUT2D eigenvalue weighted by Crippen LogP contribution is -2.52. The maximum atomic E-state index is 13.8. The van der Waals surface area contributed by atoms with Crippen molar-refractivity contribution in [2.45, 2.75) is 49.7 Å². The number of fused-ring (bicyclic) bond motifs is 4. The summed E-state index contributed by atoms with van der Waals surface area (Å²) in [5, 5.41) is 13.0. The summed E-state index contributed by atoms with van der Waals surface area (Å²) in [6.07, 6.45) is 1.73. The lowest BCUT2D eigenvalue weighted by Gasteiger charge is -2.47. The zero-order valence-corrected chi connectivity index (χ0v) is 24.5. The Morgan fingerprint density at radius 3 is 2.41 bits per heavy atom. The highest BCUT2D eigenvalue weighted by Gasteiger charge is 2.48. The Labute approximate surface area is 251 Å². The normalized spacial score (nSPS) is 21.6. The molecule has 2 atom stereocenters. The SMILES string of the molecule is COC(=O)[C@H]1C2CCC(CC2)[C@@H]1Nc1ncc(C#N)c(-c2cn(S(=O)(=O)c3ccc(C)cc3)c3ncc(C(F)(F)F)cc23)n1. The molecule has 0 aliphatic heterocycles. The van der Waals surface area contributed by atoms with Gasteiger partial charge < -0.3 is 10.1 Å². The fraction of sp³-hybridized carbons (Fsp3) is 0.367. The predicted octanol–water partition coefficient (Wildman–Crippen LogP) is 5.32. The number of esters is 1. The van der Waals surface area contributed by atoms with E-state index in [9.17, 15) is 31.6 Å². The molecular weight excluding hydrogens is 597 g/mol. The predicted molar refractivity (Wildman–Crippen MR) is 153 cm³/mol. The topological polar surface area (TPSA) is 140 Å². The minimum Gasteiger partial charge on any atom is -0.469 e. The Morgan fingerprint density at radius 2 is 1.77 bits per heavy atom. The molecule has 1 N–H and O–H groups in total. The number of methoxy groups -OCH3 is 1. The van der Waals surface area contributed by atoms with Crippen molar-refractivity contribution >= 4 is 33.0 Å². The molecule has 4 aromatic rings. The smallest absolute Gasteiger partial charge is 0.417 e. The number of carbonyl (C=O) groups excluding carboxylic acids is 1. The first-order valence-corrected chi connectivity index (χ1v) is 15.4. The summed E-state index contributed by atoms with van der Waals surface area (Å²) >= 11 is 0. The first-order valence-electron chi connectivity index (χ1n) is 13.9. The molecule has 2 bridgehead atoms. The molecule has 14 heteroatoms. The molecular formula is C30H27F3N6O4S. The molecule has 0 saturated heterocycles. The maximum absolute atomic E-state index is 13.8. The summed E-state index contributed by atoms with van der Waals surface area (Å²) < 4.78 is 74.6. The molecule has 3 saturated carbocycles. The van der Waals surface area contributed by atoms with Crippen LogP contribution in [0.2, 0.25) is 0 Å². The number of hydrogen-bond acceptors (Lipinski definition) is 9. The summed E-state index contributed by atoms with van der Waals surface area (Å²) in [5.41, 5.74) is -0.761. The summed E-state index contributed by atoms with van der Waals surface area (Å²) in [4.78, 5) is 25.3. The van der Waals surface area contributed by atoms with Crippen molar-refractivity contribution in [3.8, 4) is 17.3 Å². The van der Waals surface area contributed by atoms with E-state index in [1.165, 1.54) is 25.4 Å². The molecule has 3 aromatic heterocycles. The molecule has 0 amide bonds. The summed E-state index contributed by atoms with van der Waals surface area (Å²) in [5.74, 6) is -0.463. The maximum Gasteiger partial charge on any atom is 0.417 e. The molecule has 3 aliphatic carbocycles. The molecule has 0 spiro atoms. The lowest BCUT2D eigenvalue weighted by molar-refractivity contribution is -0.152. The first kappa shape index (κ1) is 29.6. The van der Waals surface area contributed by atoms with Crippen LogP contribution in [0.15, 0.2) is 53.8 Å². The number of benzene rings is 1. The van der Waals surface area contributed by atoms with Gasteiger partial charge in [-0.3, -0.25) is 4.79 Å². The number of carbonyl (C=O) groups is 1. The van der Waals surface area contributed by atoms with Gasteiger partial charge in [-0.05, 0) is 62.6 Å². The Balaban J connectivity index is 1.51. The van der Waals surface area contributed by atoms with Crippen molar-refractivity contribution in [1.29, 1.82) is 5.26 Å². The summed E-state index contributed by atoms with van der Waals surface area (Å²) in [6, 6.07) is 8.39. The van der Waals surface area contributed by atoms with Crippen molar-refractivity contribution in [2.75, 3.05) is 12.4 Å². The minimum absolute atomic E-state index is 0.0488. The number of hydrogen-bond donors (Lipinski definition) is 1. The van der Waals surface area contributed by atoms with Crippen LogP contribution in [0, 0.1) is 36.0 Å². The van der Waals surface area contributed by atoms with Crippen molar-refractivity contribution in [3.05, 3.63) is 65.6 Å². The average molecular weight is 625 g/mol. The van der Waals surface area contributed by atoms with Crippen molar-refractivity contribution < 1.29 is 31.1 Å². The molecule has 3 aliphatic rings. The fourth-order valence-corrected chi connectivity index (χ4v) is 7.77. The van der Waals surface area contributed by atoms with Gasteiger partial charge in [0.2, 0.25) is 5.95 Å². The molecule has 1 aromatic carbocycles. The summed E-state index contributed by atoms with van der Waals surface area (Å²) in [6.45, 7) is 1.79. The number of aromatic nitrogens is 4. The van der Waals surface area contributed by atoms with E-state index in [0.29, 0.717) is 6.20 Å². The van der Waals surface area contributed by atoms with Crippen LogP contribution in [0.1, 0.15) is 42.4 Å². The van der Waals surface area contributed by atoms with Gasteiger partial charge in [-0.25, -0.2) is 27.3 Å². The fourth-order valence-electron chi connectivity index (χ4n) is 6.45. The van der Waals surface area contributed by atoms with E-state index < -0.39 is 27.7 Å². The number of pyridine rings is 1. The van der Waals surface area contributed by atoms with Gasteiger partial charge in [0, 0.05) is 29.4 Å². The van der Waals surface area contributed by atoms with E-state index >= 15 is 0 Å². The van der Waals surface area contributed by atoms with Gasteiger partial charge in [-0.1, -0.05) is 17.7 Å². The Morgan fingerprint density at radius 1 is 1.09 bits per heavy atom. The number of nitrogens with zero attached hydrogens (tertiary/aromatic N) is 5. The number of anilines is 1. The van der Waals surface area contributed by atoms with Gasteiger partial charge in [0.05, 0.1) is 40.9 Å². The third-order valence-electron chi connectivity index (χ3n) is 8.67. The number of rotatable bonds is 6. The number of halogens is 3. The average Bonchev–Trinajstić information content (AvgIpc) is 3.41. The molecule has 7 rings (SSSR count). The van der Waals surface area contributed by atoms with Gasteiger partial charge in [-0.15, -0.1) is 0 Å². The van der Waals surface area contributed by atoms with Crippen LogP contribution < -0.4 is 5.32 Å². The van der Waals surface area contributed by atoms with E-state index in [4.69, 9.17) is 4.74 Å². The van der Waals surface area contributed by atoms with Crippen molar-refractivity contribution in [1.82, 2.24) is 18.9 Å². The van der Waals surface area contributed by atoms with E-state index in [2.05, 4.69) is 20.3 Å². The molecule has 0 radical (unpaired) electrons. The third kappa shape index (κ3) is 5.04. The van der Waals surface area contributed by atoms with Crippen LogP contribution in [-0.2, 0) is 25.7 Å². The van der Waals surface area contributed by atoms with E-state index in [-0.39, 0.29) is 62.5 Å². The van der Waals surface area contributed by atoms with Crippen molar-refractivity contribution in [2.24, 2.45) is 17.8 Å². The van der Waals surface area contributed by atoms with Crippen LogP contribution in [0.3, 0.4) is 0 Å². The largest absolute Gasteiger partial charge is 0.469 e. The first-order chi connectivity index (χ1) is 20.9. The Hall–Kier alpha value is -4.51. The van der Waals surface area contributed by atoms with Gasteiger partial charge in [-0.2, -0.15) is 18.4 Å². The zero-order chi connectivity index (χ0) is 31.4. The Bertz CT molecular complexity index is 1910. The third-order valence-corrected chi connectivity index (χ3v) is 10.3. The number of aryl methyl sites for hydroxylation is 1. The molecule has 3 heterocycles. The number of nitrogens with one attached hydrogen (secondary N) is 1. The van der Waals surface area contributed by atoms with E-state index in [1.807, 2.05) is 6.07 Å². The quantitative estimate of drug-likeness (QED) is 0.282. The van der Waals surface area contributed by atoms with Crippen molar-refractivity contribution in [3.63, 3.8) is 0 Å². The highest BCUT2D eigenvalue weighted by Crippen LogP contribution is 2.47. The van der Waals surface area contributed by atoms with Gasteiger partial charge in [0.25, 0.3) is 10.0 Å². The number of alkyl halides is 3. The minimum atomic E-state index is -4.77. The highest BCUT2D eigenvalue weighted by atomic mass is 32.2. The monoisotopic (exact) mass is 624 g/mol. The van der Waals surface area contributed by atoms with Gasteiger partial charge in [0.15, 0.2) is 5.65 Å². The second-order valence-corrected chi connectivity index (χ2v) is 13.0. The van der Waals surface area contributed by atoms with Crippen LogP contribution >= 0.6 is 0 Å². The van der Waals surface area contributed by atoms with Crippen LogP contribution in [-0.4, -0.2) is 46.5 Å². The van der Waals surface area contributed by atoms with Crippen LogP contribution in [0.5, 0.6) is 0 Å². The highest BCUT2D eigenvalue weighted by molar-refractivity contribution is 7.90. The molecule has 3 fully saturated rings.